The van der Waals surface area contributed by atoms with Crippen molar-refractivity contribution in [2.45, 2.75) is 0 Å². The third-order valence-corrected chi connectivity index (χ3v) is 2.13. The van der Waals surface area contributed by atoms with Gasteiger partial charge in [0.2, 0.25) is 0 Å². The van der Waals surface area contributed by atoms with E-state index in [0.717, 1.165) is 4.47 Å². The molecule has 1 aromatic carbocycles. The molecule has 0 saturated carbocycles. The van der Waals surface area contributed by atoms with Gasteiger partial charge < -0.3 is 4.74 Å². The van der Waals surface area contributed by atoms with Crippen LogP contribution in [0.15, 0.2) is 41.1 Å². The lowest BCUT2D eigenvalue weighted by atomic mass is 10.3. The summed E-state index contributed by atoms with van der Waals surface area (Å²) in [6.45, 7) is 0. The topological polar surface area (TPSA) is 35.0 Å². The van der Waals surface area contributed by atoms with Crippen LogP contribution in [0.2, 0.25) is 0 Å². The van der Waals surface area contributed by atoms with Gasteiger partial charge in [-0.1, -0.05) is 15.9 Å². The largest absolute Gasteiger partial charge is 0.421 e. The quantitative estimate of drug-likeness (QED) is 0.839. The fourth-order valence-electron chi connectivity index (χ4n) is 0.992. The molecule has 0 atom stereocenters. The number of ether oxygens (including phenoxy) is 1. The zero-order valence-electron chi connectivity index (χ0n) is 7.52. The van der Waals surface area contributed by atoms with Crippen molar-refractivity contribution >= 4 is 15.9 Å². The Bertz CT molecular complexity index is 464. The van der Waals surface area contributed by atoms with E-state index in [1.165, 1.54) is 24.5 Å². The highest BCUT2D eigenvalue weighted by molar-refractivity contribution is 9.10. The van der Waals surface area contributed by atoms with E-state index in [1.807, 2.05) is 0 Å². The average molecular weight is 269 g/mol. The molecule has 0 aliphatic heterocycles. The first-order chi connectivity index (χ1) is 7.25. The number of benzene rings is 1. The van der Waals surface area contributed by atoms with Crippen LogP contribution in [-0.2, 0) is 0 Å². The SMILES string of the molecule is Fc1ccc(Br)cc1Oc1ncccn1. The van der Waals surface area contributed by atoms with E-state index in [4.69, 9.17) is 4.74 Å². The molecule has 0 N–H and O–H groups in total. The summed E-state index contributed by atoms with van der Waals surface area (Å²) in [5, 5.41) is 0. The van der Waals surface area contributed by atoms with Gasteiger partial charge >= 0.3 is 6.01 Å². The van der Waals surface area contributed by atoms with Gasteiger partial charge in [-0.15, -0.1) is 0 Å². The van der Waals surface area contributed by atoms with Crippen LogP contribution >= 0.6 is 15.9 Å². The van der Waals surface area contributed by atoms with E-state index in [2.05, 4.69) is 25.9 Å². The van der Waals surface area contributed by atoms with Gasteiger partial charge in [-0.25, -0.2) is 14.4 Å². The van der Waals surface area contributed by atoms with Gasteiger partial charge in [0.05, 0.1) is 0 Å². The lowest BCUT2D eigenvalue weighted by Crippen LogP contribution is -1.92. The molecule has 0 unspecified atom stereocenters. The van der Waals surface area contributed by atoms with E-state index in [9.17, 15) is 4.39 Å². The molecule has 1 heterocycles. The second-order valence-electron chi connectivity index (χ2n) is 2.71. The third-order valence-electron chi connectivity index (χ3n) is 1.64. The van der Waals surface area contributed by atoms with Crippen LogP contribution in [0, 0.1) is 5.82 Å². The summed E-state index contributed by atoms with van der Waals surface area (Å²) in [6.07, 6.45) is 3.05. The molecule has 2 aromatic rings. The number of halogens is 2. The maximum Gasteiger partial charge on any atom is 0.321 e. The normalized spacial score (nSPS) is 10.0. The summed E-state index contributed by atoms with van der Waals surface area (Å²) in [4.78, 5) is 7.66. The average Bonchev–Trinajstić information content (AvgIpc) is 2.25. The molecular formula is C10H6BrFN2O. The molecule has 0 aliphatic carbocycles. The van der Waals surface area contributed by atoms with Crippen LogP contribution in [0.4, 0.5) is 4.39 Å². The van der Waals surface area contributed by atoms with Crippen LogP contribution < -0.4 is 4.74 Å². The maximum absolute atomic E-state index is 13.3. The number of hydrogen-bond donors (Lipinski definition) is 0. The summed E-state index contributed by atoms with van der Waals surface area (Å²) in [5.41, 5.74) is 0. The molecule has 2 rings (SSSR count). The predicted octanol–water partition coefficient (Wildman–Crippen LogP) is 3.17. The predicted molar refractivity (Wildman–Crippen MR) is 56.2 cm³/mol. The Morgan fingerprint density at radius 2 is 1.93 bits per heavy atom. The number of rotatable bonds is 2. The Morgan fingerprint density at radius 1 is 1.20 bits per heavy atom. The molecular weight excluding hydrogens is 263 g/mol. The molecule has 0 spiro atoms. The van der Waals surface area contributed by atoms with Crippen molar-refractivity contribution in [1.82, 2.24) is 9.97 Å². The first kappa shape index (κ1) is 10.0. The second-order valence-corrected chi connectivity index (χ2v) is 3.62. The first-order valence-electron chi connectivity index (χ1n) is 4.15. The van der Waals surface area contributed by atoms with Crippen molar-refractivity contribution < 1.29 is 9.13 Å². The molecule has 0 amide bonds. The zero-order valence-corrected chi connectivity index (χ0v) is 9.11. The van der Waals surface area contributed by atoms with Crippen molar-refractivity contribution in [3.8, 4) is 11.8 Å². The number of nitrogens with zero attached hydrogens (tertiary/aromatic N) is 2. The monoisotopic (exact) mass is 268 g/mol. The van der Waals surface area contributed by atoms with Crippen LogP contribution in [0.1, 0.15) is 0 Å². The molecule has 0 aliphatic rings. The molecule has 0 bridgehead atoms. The van der Waals surface area contributed by atoms with Crippen molar-refractivity contribution in [3.63, 3.8) is 0 Å². The molecule has 0 saturated heterocycles. The van der Waals surface area contributed by atoms with Gasteiger partial charge in [0, 0.05) is 16.9 Å². The molecule has 15 heavy (non-hydrogen) atoms. The minimum Gasteiger partial charge on any atom is -0.421 e. The Morgan fingerprint density at radius 3 is 2.67 bits per heavy atom. The fraction of sp³-hybridized carbons (Fsp3) is 0. The Kier molecular flexibility index (Phi) is 2.91. The van der Waals surface area contributed by atoms with Crippen LogP contribution in [0.5, 0.6) is 11.8 Å². The lowest BCUT2D eigenvalue weighted by molar-refractivity contribution is 0.410. The number of hydrogen-bond acceptors (Lipinski definition) is 3. The van der Waals surface area contributed by atoms with E-state index < -0.39 is 5.82 Å². The summed E-state index contributed by atoms with van der Waals surface area (Å²) in [5.74, 6) is -0.360. The van der Waals surface area contributed by atoms with Gasteiger partial charge in [-0.2, -0.15) is 0 Å². The van der Waals surface area contributed by atoms with Gasteiger partial charge in [0.25, 0.3) is 0 Å². The van der Waals surface area contributed by atoms with Gasteiger partial charge in [-0.3, -0.25) is 0 Å². The van der Waals surface area contributed by atoms with Gasteiger partial charge in [0.15, 0.2) is 11.6 Å². The first-order valence-corrected chi connectivity index (χ1v) is 4.95. The van der Waals surface area contributed by atoms with Crippen LogP contribution in [0.25, 0.3) is 0 Å². The highest BCUT2D eigenvalue weighted by Gasteiger charge is 2.06. The van der Waals surface area contributed by atoms with Crippen molar-refractivity contribution in [2.24, 2.45) is 0 Å². The molecule has 3 nitrogen and oxygen atoms in total. The van der Waals surface area contributed by atoms with Gasteiger partial charge in [0.1, 0.15) is 0 Å². The van der Waals surface area contributed by atoms with Crippen molar-refractivity contribution in [3.05, 3.63) is 46.9 Å². The van der Waals surface area contributed by atoms with E-state index in [-0.39, 0.29) is 11.8 Å². The Balaban J connectivity index is 2.28. The van der Waals surface area contributed by atoms with Crippen LogP contribution in [0.3, 0.4) is 0 Å². The summed E-state index contributed by atoms with van der Waals surface area (Å²) >= 11 is 3.22. The molecule has 1 aromatic heterocycles. The molecule has 76 valence electrons. The van der Waals surface area contributed by atoms with Gasteiger partial charge in [-0.05, 0) is 24.3 Å². The maximum atomic E-state index is 13.3. The van der Waals surface area contributed by atoms with E-state index in [1.54, 1.807) is 12.1 Å². The fourth-order valence-corrected chi connectivity index (χ4v) is 1.33. The van der Waals surface area contributed by atoms with E-state index >= 15 is 0 Å². The minimum atomic E-state index is -0.453. The Labute approximate surface area is 94.1 Å². The van der Waals surface area contributed by atoms with Crippen molar-refractivity contribution in [1.29, 1.82) is 0 Å². The molecule has 5 heteroatoms. The highest BCUT2D eigenvalue weighted by Crippen LogP contribution is 2.25. The minimum absolute atomic E-state index is 0.0931. The number of aromatic nitrogens is 2. The lowest BCUT2D eigenvalue weighted by Gasteiger charge is -2.04. The second kappa shape index (κ2) is 4.35. The summed E-state index contributed by atoms with van der Waals surface area (Å²) in [6, 6.07) is 6.20. The third kappa shape index (κ3) is 2.50. The molecule has 0 fully saturated rings. The van der Waals surface area contributed by atoms with Crippen molar-refractivity contribution in [2.75, 3.05) is 0 Å². The summed E-state index contributed by atoms with van der Waals surface area (Å²) in [7, 11) is 0. The Hall–Kier alpha value is -1.49. The zero-order chi connectivity index (χ0) is 10.7. The standard InChI is InChI=1S/C10H6BrFN2O/c11-7-2-3-8(12)9(6-7)15-10-13-4-1-5-14-10/h1-6H. The van der Waals surface area contributed by atoms with E-state index in [0.29, 0.717) is 0 Å². The van der Waals surface area contributed by atoms with Crippen LogP contribution in [-0.4, -0.2) is 9.97 Å². The molecule has 0 radical (unpaired) electrons. The summed E-state index contributed by atoms with van der Waals surface area (Å²) < 4.78 is 19.1. The highest BCUT2D eigenvalue weighted by atomic mass is 79.9. The smallest absolute Gasteiger partial charge is 0.321 e.